The summed E-state index contributed by atoms with van der Waals surface area (Å²) in [4.78, 5) is 10.4. The van der Waals surface area contributed by atoms with Gasteiger partial charge in [-0.2, -0.15) is 5.26 Å². The summed E-state index contributed by atoms with van der Waals surface area (Å²) < 4.78 is 0. The normalized spacial score (nSPS) is 11.8. The molecule has 5 nitrogen and oxygen atoms in total. The van der Waals surface area contributed by atoms with Gasteiger partial charge in [-0.15, -0.1) is 0 Å². The number of anilines is 1. The second kappa shape index (κ2) is 5.49. The first-order valence-corrected chi connectivity index (χ1v) is 6.51. The van der Waals surface area contributed by atoms with Crippen molar-refractivity contribution in [2.24, 2.45) is 5.41 Å². The SMILES string of the molecule is CC(C)(C)CC(C)(C)Nc1ccc(C#N)c([N+](=O)[O-])c1. The standard InChI is InChI=1S/C15H21N3O2/c1-14(2,3)10-15(4,5)17-12-7-6-11(9-16)13(8-12)18(19)20/h6-8,17H,10H2,1-5H3. The van der Waals surface area contributed by atoms with Crippen molar-refractivity contribution in [3.05, 3.63) is 33.9 Å². The highest BCUT2D eigenvalue weighted by Crippen LogP contribution is 2.31. The van der Waals surface area contributed by atoms with Crippen LogP contribution < -0.4 is 5.32 Å². The summed E-state index contributed by atoms with van der Waals surface area (Å²) in [5, 5.41) is 23.1. The van der Waals surface area contributed by atoms with Gasteiger partial charge in [0.2, 0.25) is 0 Å². The molecule has 0 fully saturated rings. The molecule has 0 radical (unpaired) electrons. The van der Waals surface area contributed by atoms with Gasteiger partial charge < -0.3 is 5.32 Å². The molecule has 0 aliphatic carbocycles. The summed E-state index contributed by atoms with van der Waals surface area (Å²) >= 11 is 0. The Hall–Kier alpha value is -2.09. The fourth-order valence-corrected chi connectivity index (χ4v) is 2.62. The third-order valence-electron chi connectivity index (χ3n) is 2.77. The lowest BCUT2D eigenvalue weighted by atomic mass is 9.81. The van der Waals surface area contributed by atoms with Crippen LogP contribution in [0.3, 0.4) is 0 Å². The number of rotatable bonds is 4. The molecular weight excluding hydrogens is 254 g/mol. The van der Waals surface area contributed by atoms with Crippen molar-refractivity contribution < 1.29 is 4.92 Å². The summed E-state index contributed by atoms with van der Waals surface area (Å²) in [6.45, 7) is 10.6. The second-order valence-corrected chi connectivity index (χ2v) is 6.85. The van der Waals surface area contributed by atoms with E-state index in [1.807, 2.05) is 6.07 Å². The Balaban J connectivity index is 3.02. The monoisotopic (exact) mass is 275 g/mol. The minimum absolute atomic E-state index is 0.0779. The first-order valence-electron chi connectivity index (χ1n) is 6.51. The molecular formula is C15H21N3O2. The number of nitrogens with one attached hydrogen (secondary N) is 1. The number of nitro benzene ring substituents is 1. The number of nitrogens with zero attached hydrogens (tertiary/aromatic N) is 2. The van der Waals surface area contributed by atoms with Crippen LogP contribution in [0.1, 0.15) is 46.6 Å². The van der Waals surface area contributed by atoms with E-state index in [1.165, 1.54) is 12.1 Å². The molecule has 0 aliphatic heterocycles. The van der Waals surface area contributed by atoms with Crippen molar-refractivity contribution in [2.45, 2.75) is 46.6 Å². The third kappa shape index (κ3) is 4.54. The highest BCUT2D eigenvalue weighted by molar-refractivity contribution is 5.59. The maximum absolute atomic E-state index is 11.0. The van der Waals surface area contributed by atoms with Crippen LogP contribution in [0, 0.1) is 26.9 Å². The van der Waals surface area contributed by atoms with Crippen molar-refractivity contribution in [1.82, 2.24) is 0 Å². The van der Waals surface area contributed by atoms with Crippen LogP contribution in [0.2, 0.25) is 0 Å². The maximum atomic E-state index is 11.0. The molecule has 0 aromatic heterocycles. The van der Waals surface area contributed by atoms with Crippen LogP contribution in [0.4, 0.5) is 11.4 Å². The zero-order valence-corrected chi connectivity index (χ0v) is 12.7. The Morgan fingerprint density at radius 2 is 1.90 bits per heavy atom. The Morgan fingerprint density at radius 3 is 2.35 bits per heavy atom. The molecule has 108 valence electrons. The predicted octanol–water partition coefficient (Wildman–Crippen LogP) is 4.09. The average molecular weight is 275 g/mol. The molecule has 1 aromatic carbocycles. The number of nitro groups is 1. The van der Waals surface area contributed by atoms with Gasteiger partial charge in [0, 0.05) is 17.3 Å². The van der Waals surface area contributed by atoms with E-state index in [2.05, 4.69) is 39.9 Å². The van der Waals surface area contributed by atoms with Gasteiger partial charge in [0.1, 0.15) is 11.6 Å². The molecule has 0 heterocycles. The van der Waals surface area contributed by atoms with Crippen molar-refractivity contribution in [3.8, 4) is 6.07 Å². The minimum Gasteiger partial charge on any atom is -0.380 e. The van der Waals surface area contributed by atoms with Gasteiger partial charge in [-0.1, -0.05) is 20.8 Å². The van der Waals surface area contributed by atoms with Crippen molar-refractivity contribution in [1.29, 1.82) is 5.26 Å². The van der Waals surface area contributed by atoms with E-state index in [4.69, 9.17) is 5.26 Å². The first kappa shape index (κ1) is 16.0. The molecule has 5 heteroatoms. The van der Waals surface area contributed by atoms with Gasteiger partial charge in [0.25, 0.3) is 5.69 Å². The summed E-state index contributed by atoms with van der Waals surface area (Å²) in [6.07, 6.45) is 0.911. The number of hydrogen-bond acceptors (Lipinski definition) is 4. The highest BCUT2D eigenvalue weighted by atomic mass is 16.6. The fourth-order valence-electron chi connectivity index (χ4n) is 2.62. The number of nitriles is 1. The van der Waals surface area contributed by atoms with Crippen molar-refractivity contribution in [2.75, 3.05) is 5.32 Å². The Kier molecular flexibility index (Phi) is 4.39. The fraction of sp³-hybridized carbons (Fsp3) is 0.533. The average Bonchev–Trinajstić information content (AvgIpc) is 2.24. The molecule has 1 rings (SSSR count). The molecule has 20 heavy (non-hydrogen) atoms. The molecule has 0 amide bonds. The molecule has 0 aliphatic rings. The quantitative estimate of drug-likeness (QED) is 0.663. The smallest absolute Gasteiger partial charge is 0.289 e. The summed E-state index contributed by atoms with van der Waals surface area (Å²) in [6, 6.07) is 6.44. The predicted molar refractivity (Wildman–Crippen MR) is 79.6 cm³/mol. The Morgan fingerprint density at radius 1 is 1.30 bits per heavy atom. The van der Waals surface area contributed by atoms with Gasteiger partial charge in [-0.3, -0.25) is 10.1 Å². The van der Waals surface area contributed by atoms with Crippen LogP contribution in [0.25, 0.3) is 0 Å². The lowest BCUT2D eigenvalue weighted by Gasteiger charge is -2.34. The molecule has 0 bridgehead atoms. The van der Waals surface area contributed by atoms with Gasteiger partial charge in [0.15, 0.2) is 0 Å². The molecule has 0 unspecified atom stereocenters. The van der Waals surface area contributed by atoms with E-state index in [-0.39, 0.29) is 22.2 Å². The van der Waals surface area contributed by atoms with E-state index in [0.717, 1.165) is 6.42 Å². The summed E-state index contributed by atoms with van der Waals surface area (Å²) in [7, 11) is 0. The van der Waals surface area contributed by atoms with Gasteiger partial charge in [-0.05, 0) is 37.8 Å². The number of benzene rings is 1. The zero-order chi connectivity index (χ0) is 15.6. The number of hydrogen-bond donors (Lipinski definition) is 1. The van der Waals surface area contributed by atoms with Crippen LogP contribution in [-0.4, -0.2) is 10.5 Å². The molecule has 0 atom stereocenters. The summed E-state index contributed by atoms with van der Waals surface area (Å²) in [5.41, 5.74) is 0.526. The van der Waals surface area contributed by atoms with Crippen molar-refractivity contribution >= 4 is 11.4 Å². The van der Waals surface area contributed by atoms with Gasteiger partial charge >= 0.3 is 0 Å². The van der Waals surface area contributed by atoms with E-state index < -0.39 is 4.92 Å². The van der Waals surface area contributed by atoms with Crippen LogP contribution in [0.15, 0.2) is 18.2 Å². The highest BCUT2D eigenvalue weighted by Gasteiger charge is 2.26. The first-order chi connectivity index (χ1) is 9.04. The maximum Gasteiger partial charge on any atom is 0.289 e. The molecule has 0 saturated heterocycles. The van der Waals surface area contributed by atoms with Crippen LogP contribution in [0.5, 0.6) is 0 Å². The van der Waals surface area contributed by atoms with E-state index in [0.29, 0.717) is 5.69 Å². The molecule has 1 aromatic rings. The summed E-state index contributed by atoms with van der Waals surface area (Å²) in [5.74, 6) is 0. The minimum atomic E-state index is -0.527. The molecule has 1 N–H and O–H groups in total. The third-order valence-corrected chi connectivity index (χ3v) is 2.77. The lowest BCUT2D eigenvalue weighted by molar-refractivity contribution is -0.385. The Bertz CT molecular complexity index is 551. The van der Waals surface area contributed by atoms with E-state index in [9.17, 15) is 10.1 Å². The zero-order valence-electron chi connectivity index (χ0n) is 12.7. The van der Waals surface area contributed by atoms with Crippen molar-refractivity contribution in [3.63, 3.8) is 0 Å². The van der Waals surface area contributed by atoms with Gasteiger partial charge in [0.05, 0.1) is 4.92 Å². The van der Waals surface area contributed by atoms with E-state index >= 15 is 0 Å². The second-order valence-electron chi connectivity index (χ2n) is 6.85. The van der Waals surface area contributed by atoms with Crippen LogP contribution >= 0.6 is 0 Å². The van der Waals surface area contributed by atoms with E-state index in [1.54, 1.807) is 6.07 Å². The molecule has 0 saturated carbocycles. The topological polar surface area (TPSA) is 79.0 Å². The van der Waals surface area contributed by atoms with Gasteiger partial charge in [-0.25, -0.2) is 0 Å². The molecule has 0 spiro atoms. The van der Waals surface area contributed by atoms with Crippen LogP contribution in [-0.2, 0) is 0 Å². The largest absolute Gasteiger partial charge is 0.380 e. The lowest BCUT2D eigenvalue weighted by Crippen LogP contribution is -2.35. The Labute approximate surface area is 119 Å².